The molecule has 1 aliphatic rings. The molecule has 1 aromatic heterocycles. The summed E-state index contributed by atoms with van der Waals surface area (Å²) < 4.78 is 6.38. The lowest BCUT2D eigenvalue weighted by atomic mass is 9.98. The van der Waals surface area contributed by atoms with Crippen molar-refractivity contribution in [3.8, 4) is 5.75 Å². The molecule has 2 aromatic carbocycles. The first kappa shape index (κ1) is 14.8. The van der Waals surface area contributed by atoms with Crippen molar-refractivity contribution in [1.82, 2.24) is 0 Å². The second-order valence-corrected chi connectivity index (χ2v) is 6.23. The Hall–Kier alpha value is -2.75. The lowest BCUT2D eigenvalue weighted by Gasteiger charge is -2.33. The Labute approximate surface area is 141 Å². The van der Waals surface area contributed by atoms with Crippen LogP contribution in [0.15, 0.2) is 48.7 Å². The maximum Gasteiger partial charge on any atom is 0.268 e. The smallest absolute Gasteiger partial charge is 0.268 e. The lowest BCUT2D eigenvalue weighted by molar-refractivity contribution is -0.577. The number of aromatic nitrogens is 1. The van der Waals surface area contributed by atoms with Crippen molar-refractivity contribution in [2.24, 2.45) is 0 Å². The molecule has 4 rings (SSSR count). The van der Waals surface area contributed by atoms with Crippen LogP contribution in [-0.2, 0) is 6.42 Å². The zero-order chi connectivity index (χ0) is 16.7. The molecule has 3 aromatic rings. The number of hydrogen-bond acceptors (Lipinski definition) is 3. The Morgan fingerprint density at radius 1 is 1.12 bits per heavy atom. The molecule has 122 valence electrons. The van der Waals surface area contributed by atoms with Gasteiger partial charge in [-0.1, -0.05) is 24.3 Å². The number of ether oxygens (including phenoxy) is 1. The van der Waals surface area contributed by atoms with Crippen LogP contribution in [-0.4, -0.2) is 13.7 Å². The average Bonchev–Trinajstić information content (AvgIpc) is 2.61. The van der Waals surface area contributed by atoms with E-state index in [-0.39, 0.29) is 0 Å². The van der Waals surface area contributed by atoms with E-state index in [4.69, 9.17) is 4.74 Å². The van der Waals surface area contributed by atoms with Crippen molar-refractivity contribution >= 4 is 22.3 Å². The number of aryl methyl sites for hydroxylation is 2. The van der Waals surface area contributed by atoms with Crippen molar-refractivity contribution < 1.29 is 9.47 Å². The van der Waals surface area contributed by atoms with Gasteiger partial charge in [0.15, 0.2) is 11.9 Å². The second-order valence-electron chi connectivity index (χ2n) is 6.23. The van der Waals surface area contributed by atoms with Crippen LogP contribution in [0.2, 0.25) is 0 Å². The summed E-state index contributed by atoms with van der Waals surface area (Å²) in [6.07, 6.45) is 3.68. The summed E-state index contributed by atoms with van der Waals surface area (Å²) in [4.78, 5) is 2.34. The Balaban J connectivity index is 2.04. The fourth-order valence-electron chi connectivity index (χ4n) is 3.69. The number of hydrogen-bond donors (Lipinski definition) is 0. The minimum Gasteiger partial charge on any atom is -0.618 e. The van der Waals surface area contributed by atoms with E-state index in [1.807, 2.05) is 18.2 Å². The molecular weight excluding hydrogens is 300 g/mol. The first-order valence-corrected chi connectivity index (χ1v) is 8.25. The van der Waals surface area contributed by atoms with Crippen molar-refractivity contribution in [2.45, 2.75) is 19.8 Å². The minimum atomic E-state index is 0.597. The zero-order valence-corrected chi connectivity index (χ0v) is 14.0. The Morgan fingerprint density at radius 2 is 1.96 bits per heavy atom. The second kappa shape index (κ2) is 5.71. The summed E-state index contributed by atoms with van der Waals surface area (Å²) in [7, 11) is 1.60. The molecule has 0 amide bonds. The number of fused-ring (bicyclic) bond motifs is 3. The highest BCUT2D eigenvalue weighted by Gasteiger charge is 2.27. The largest absolute Gasteiger partial charge is 0.618 e. The number of methoxy groups -OCH3 is 1. The molecule has 0 saturated heterocycles. The Kier molecular flexibility index (Phi) is 3.53. The summed E-state index contributed by atoms with van der Waals surface area (Å²) in [5, 5.41) is 13.5. The monoisotopic (exact) mass is 320 g/mol. The molecule has 0 aliphatic carbocycles. The average molecular weight is 320 g/mol. The highest BCUT2D eigenvalue weighted by atomic mass is 16.5. The number of pyridine rings is 1. The van der Waals surface area contributed by atoms with E-state index in [1.165, 1.54) is 11.3 Å². The quantitative estimate of drug-likeness (QED) is 0.531. The van der Waals surface area contributed by atoms with E-state index in [0.717, 1.165) is 40.8 Å². The van der Waals surface area contributed by atoms with Crippen molar-refractivity contribution in [3.63, 3.8) is 0 Å². The Bertz CT molecular complexity index is 921. The van der Waals surface area contributed by atoms with Crippen LogP contribution in [0.4, 0.5) is 11.4 Å². The predicted octanol–water partition coefficient (Wildman–Crippen LogP) is 3.87. The van der Waals surface area contributed by atoms with E-state index in [0.29, 0.717) is 11.3 Å². The van der Waals surface area contributed by atoms with Gasteiger partial charge in [0, 0.05) is 17.8 Å². The molecule has 2 heterocycles. The van der Waals surface area contributed by atoms with Gasteiger partial charge in [0.2, 0.25) is 0 Å². The normalized spacial score (nSPS) is 13.8. The number of anilines is 2. The third-order valence-corrected chi connectivity index (χ3v) is 4.78. The van der Waals surface area contributed by atoms with Gasteiger partial charge in [-0.05, 0) is 43.5 Å². The number of rotatable bonds is 2. The lowest BCUT2D eigenvalue weighted by Crippen LogP contribution is -2.33. The molecule has 0 N–H and O–H groups in total. The first-order valence-electron chi connectivity index (χ1n) is 8.25. The first-order chi connectivity index (χ1) is 11.7. The fourth-order valence-corrected chi connectivity index (χ4v) is 3.69. The summed E-state index contributed by atoms with van der Waals surface area (Å²) in [5.74, 6) is 0.612. The van der Waals surface area contributed by atoms with Crippen LogP contribution in [0.25, 0.3) is 10.9 Å². The predicted molar refractivity (Wildman–Crippen MR) is 96.0 cm³/mol. The third kappa shape index (κ3) is 2.18. The molecule has 4 nitrogen and oxygen atoms in total. The van der Waals surface area contributed by atoms with Crippen LogP contribution in [0, 0.1) is 12.1 Å². The Morgan fingerprint density at radius 3 is 2.75 bits per heavy atom. The molecule has 1 aliphatic heterocycles. The molecule has 0 atom stereocenters. The summed E-state index contributed by atoms with van der Waals surface area (Å²) in [6.45, 7) is 3.08. The van der Waals surface area contributed by atoms with Gasteiger partial charge >= 0.3 is 0 Å². The zero-order valence-electron chi connectivity index (χ0n) is 14.0. The summed E-state index contributed by atoms with van der Waals surface area (Å²) >= 11 is 0. The standard InChI is InChI=1S/C20H20N2O2/c1-14-7-3-4-10-17(14)21-12-6-8-15-13-22(23)20-16(19(15)21)9-5-11-18(20)24-2/h3-5,7,9-11,13H,6,8,12H2,1-2H3. The SMILES string of the molecule is COc1cccc2c3c(c[n+]([O-])c12)CCCN3c1ccccc1C. The molecule has 0 radical (unpaired) electrons. The molecule has 0 unspecified atom stereocenters. The molecule has 24 heavy (non-hydrogen) atoms. The summed E-state index contributed by atoms with van der Waals surface area (Å²) in [6, 6.07) is 14.2. The molecule has 0 bridgehead atoms. The van der Waals surface area contributed by atoms with E-state index in [9.17, 15) is 5.21 Å². The van der Waals surface area contributed by atoms with E-state index < -0.39 is 0 Å². The van der Waals surface area contributed by atoms with Crippen LogP contribution in [0.1, 0.15) is 17.5 Å². The third-order valence-electron chi connectivity index (χ3n) is 4.78. The van der Waals surface area contributed by atoms with Crippen LogP contribution < -0.4 is 14.4 Å². The molecule has 0 spiro atoms. The van der Waals surface area contributed by atoms with E-state index in [2.05, 4.69) is 36.1 Å². The van der Waals surface area contributed by atoms with Gasteiger partial charge < -0.3 is 14.8 Å². The molecule has 4 heteroatoms. The number of nitrogens with zero attached hydrogens (tertiary/aromatic N) is 2. The molecular formula is C20H20N2O2. The molecule has 0 saturated carbocycles. The maximum atomic E-state index is 12.6. The van der Waals surface area contributed by atoms with Gasteiger partial charge in [-0.2, -0.15) is 4.73 Å². The van der Waals surface area contributed by atoms with Crippen LogP contribution in [0.5, 0.6) is 5.75 Å². The number of benzene rings is 2. The summed E-state index contributed by atoms with van der Waals surface area (Å²) in [5.41, 5.74) is 5.27. The van der Waals surface area contributed by atoms with Gasteiger partial charge in [-0.15, -0.1) is 0 Å². The van der Waals surface area contributed by atoms with Gasteiger partial charge in [0.05, 0.1) is 18.2 Å². The topological polar surface area (TPSA) is 39.4 Å². The van der Waals surface area contributed by atoms with Gasteiger partial charge in [-0.3, -0.25) is 0 Å². The van der Waals surface area contributed by atoms with E-state index >= 15 is 0 Å². The minimum absolute atomic E-state index is 0.597. The van der Waals surface area contributed by atoms with Crippen LogP contribution in [0.3, 0.4) is 0 Å². The van der Waals surface area contributed by atoms with Gasteiger partial charge in [0.1, 0.15) is 0 Å². The highest BCUT2D eigenvalue weighted by Crippen LogP contribution is 2.40. The number of para-hydroxylation sites is 2. The van der Waals surface area contributed by atoms with Crippen molar-refractivity contribution in [2.75, 3.05) is 18.6 Å². The highest BCUT2D eigenvalue weighted by molar-refractivity contribution is 5.97. The van der Waals surface area contributed by atoms with Gasteiger partial charge in [0.25, 0.3) is 5.52 Å². The van der Waals surface area contributed by atoms with Crippen molar-refractivity contribution in [3.05, 3.63) is 65.0 Å². The fraction of sp³-hybridized carbons (Fsp3) is 0.250. The van der Waals surface area contributed by atoms with Crippen molar-refractivity contribution in [1.29, 1.82) is 0 Å². The maximum absolute atomic E-state index is 12.6. The van der Waals surface area contributed by atoms with Gasteiger partial charge in [-0.25, -0.2) is 0 Å². The van der Waals surface area contributed by atoms with E-state index in [1.54, 1.807) is 13.3 Å². The van der Waals surface area contributed by atoms with Crippen LogP contribution >= 0.6 is 0 Å². The molecule has 0 fully saturated rings.